The van der Waals surface area contributed by atoms with E-state index >= 15 is 0 Å². The summed E-state index contributed by atoms with van der Waals surface area (Å²) in [6.45, 7) is 4.26. The van der Waals surface area contributed by atoms with E-state index in [4.69, 9.17) is 79.6 Å². The first-order valence-corrected chi connectivity index (χ1v) is 17.6. The Hall–Kier alpha value is -6.85. The van der Waals surface area contributed by atoms with E-state index in [2.05, 4.69) is 5.32 Å². The van der Waals surface area contributed by atoms with Gasteiger partial charge in [-0.3, -0.25) is 33.6 Å². The van der Waals surface area contributed by atoms with Gasteiger partial charge in [-0.05, 0) is 88.0 Å². The van der Waals surface area contributed by atoms with Crippen molar-refractivity contribution in [3.8, 4) is 11.8 Å². The lowest BCUT2D eigenvalue weighted by atomic mass is 10.1. The van der Waals surface area contributed by atoms with Crippen molar-refractivity contribution in [1.29, 1.82) is 5.26 Å². The largest absolute Gasteiger partial charge is 0.511 e. The smallest absolute Gasteiger partial charge is 0.416 e. The number of hydrogen-bond acceptors (Lipinski definition) is 15. The first-order chi connectivity index (χ1) is 28.4. The maximum atomic E-state index is 12.3. The molecule has 0 aliphatic carbocycles. The maximum Gasteiger partial charge on any atom is 0.416 e. The molecule has 19 N–H and O–H groups in total. The zero-order valence-corrected chi connectivity index (χ0v) is 33.8. The summed E-state index contributed by atoms with van der Waals surface area (Å²) in [4.78, 5) is 70.5. The molecule has 62 heavy (non-hydrogen) atoms. The second kappa shape index (κ2) is 33.9. The summed E-state index contributed by atoms with van der Waals surface area (Å²) in [5.74, 6) is -7.14. The summed E-state index contributed by atoms with van der Waals surface area (Å²) in [7, 11) is 0. The fourth-order valence-electron chi connectivity index (χ4n) is 3.24. The molecule has 2 aromatic carbocycles. The van der Waals surface area contributed by atoms with Crippen LogP contribution in [0.25, 0.3) is 0 Å². The van der Waals surface area contributed by atoms with E-state index in [1.54, 1.807) is 12.1 Å². The predicted octanol–water partition coefficient (Wildman–Crippen LogP) is 1.65. The number of nitrogens with two attached hydrogens (primary N) is 5. The Bertz CT molecular complexity index is 1760. The van der Waals surface area contributed by atoms with Crippen LogP contribution in [0.5, 0.6) is 5.75 Å². The van der Waals surface area contributed by atoms with Crippen LogP contribution in [-0.2, 0) is 46.2 Å². The highest BCUT2D eigenvalue weighted by Gasteiger charge is 2.30. The Morgan fingerprint density at radius 1 is 0.710 bits per heavy atom. The van der Waals surface area contributed by atoms with Crippen molar-refractivity contribution in [2.45, 2.75) is 89.6 Å². The van der Waals surface area contributed by atoms with E-state index in [1.807, 2.05) is 0 Å². The van der Waals surface area contributed by atoms with Gasteiger partial charge in [-0.1, -0.05) is 18.6 Å². The zero-order valence-electron chi connectivity index (χ0n) is 33.8. The van der Waals surface area contributed by atoms with E-state index in [1.165, 1.54) is 25.1 Å². The fraction of sp³-hybridized carbons (Fsp3) is 0.405. The van der Waals surface area contributed by atoms with Gasteiger partial charge in [0.1, 0.15) is 41.7 Å². The van der Waals surface area contributed by atoms with Gasteiger partial charge in [0.2, 0.25) is 0 Å². The Labute approximate surface area is 353 Å². The van der Waals surface area contributed by atoms with Crippen LogP contribution in [-0.4, -0.2) is 113 Å². The molecule has 348 valence electrons. The minimum absolute atomic E-state index is 0.0231. The van der Waals surface area contributed by atoms with Crippen LogP contribution in [0, 0.1) is 11.3 Å². The number of nitrogens with one attached hydrogen (secondary N) is 1. The number of nitrogens with zero attached hydrogens (tertiary/aromatic N) is 1. The van der Waals surface area contributed by atoms with Gasteiger partial charge in [-0.2, -0.15) is 18.4 Å². The molecule has 0 aliphatic rings. The van der Waals surface area contributed by atoms with Crippen LogP contribution in [0.3, 0.4) is 0 Å². The predicted molar refractivity (Wildman–Crippen MR) is 214 cm³/mol. The number of rotatable bonds is 15. The molecule has 0 spiro atoms. The number of halogens is 3. The molecule has 0 bridgehead atoms. The van der Waals surface area contributed by atoms with E-state index in [9.17, 15) is 41.9 Å². The number of carboxylic acids is 6. The number of alkyl halides is 3. The summed E-state index contributed by atoms with van der Waals surface area (Å²) >= 11 is 0. The molecule has 4 atom stereocenters. The van der Waals surface area contributed by atoms with Gasteiger partial charge < -0.3 is 74.8 Å². The van der Waals surface area contributed by atoms with Gasteiger partial charge in [0.05, 0.1) is 5.56 Å². The molecule has 1 amide bonds. The zero-order chi connectivity index (χ0) is 49.3. The number of nitriles is 1. The molecule has 0 aliphatic heterocycles. The summed E-state index contributed by atoms with van der Waals surface area (Å²) in [6, 6.07) is 8.13. The number of benzene rings is 2. The molecular formula is C37H54F3N7O15. The third-order valence-electron chi connectivity index (χ3n) is 6.54. The Morgan fingerprint density at radius 3 is 1.45 bits per heavy atom. The van der Waals surface area contributed by atoms with Crippen LogP contribution >= 0.6 is 0 Å². The van der Waals surface area contributed by atoms with Crippen molar-refractivity contribution in [3.63, 3.8) is 0 Å². The minimum Gasteiger partial charge on any atom is -0.511 e. The van der Waals surface area contributed by atoms with Crippen LogP contribution < -0.4 is 34.0 Å². The summed E-state index contributed by atoms with van der Waals surface area (Å²) in [5, 5.41) is 77.2. The number of phenolic OH excluding ortho intramolecular Hbond substituents is 1. The van der Waals surface area contributed by atoms with Crippen molar-refractivity contribution in [2.75, 3.05) is 11.9 Å². The van der Waals surface area contributed by atoms with E-state index in [0.717, 1.165) is 56.5 Å². The molecule has 22 nitrogen and oxygen atoms in total. The fourth-order valence-corrected chi connectivity index (χ4v) is 3.24. The topological polar surface area (TPSA) is 447 Å². The molecule has 0 fully saturated rings. The lowest BCUT2D eigenvalue weighted by Gasteiger charge is -2.08. The Kier molecular flexibility index (Phi) is 33.8. The number of anilines is 1. The third kappa shape index (κ3) is 36.2. The van der Waals surface area contributed by atoms with Gasteiger partial charge >= 0.3 is 36.0 Å². The molecule has 0 saturated carbocycles. The molecule has 2 aromatic rings. The lowest BCUT2D eigenvalue weighted by molar-refractivity contribution is -0.141. The number of amides is 1. The molecule has 2 rings (SSSR count). The molecule has 0 heterocycles. The Morgan fingerprint density at radius 2 is 1.13 bits per heavy atom. The Balaban J connectivity index is -0.000000346. The summed E-state index contributed by atoms with van der Waals surface area (Å²) in [5.41, 5.74) is 25.1. The number of phenols is 1. The maximum absolute atomic E-state index is 12.3. The molecule has 0 aromatic heterocycles. The van der Waals surface area contributed by atoms with Crippen molar-refractivity contribution in [1.82, 2.24) is 0 Å². The van der Waals surface area contributed by atoms with Crippen molar-refractivity contribution >= 4 is 47.4 Å². The van der Waals surface area contributed by atoms with Crippen molar-refractivity contribution in [3.05, 3.63) is 71.0 Å². The average molecular weight is 894 g/mol. The number of unbranched alkanes of at least 4 members (excludes halogenated alkanes) is 1. The second-order valence-corrected chi connectivity index (χ2v) is 12.2. The van der Waals surface area contributed by atoms with E-state index < -0.39 is 89.0 Å². The highest BCUT2D eigenvalue weighted by Crippen LogP contribution is 2.29. The third-order valence-corrected chi connectivity index (χ3v) is 6.54. The van der Waals surface area contributed by atoms with Crippen molar-refractivity contribution in [2.24, 2.45) is 28.7 Å². The van der Waals surface area contributed by atoms with Crippen LogP contribution in [0.2, 0.25) is 0 Å². The number of carbonyl (C=O) groups is 7. The lowest BCUT2D eigenvalue weighted by Crippen LogP contribution is -2.32. The SMILES string of the molecule is C/C(O)=C(\C#N)C(=O)Nc1ccc(C(F)(F)F)cc1.CC(=O)O.C[C@H](N)C(=O)O.NCCCC[C@H](N)C(=O)O.N[C@@H](CCC(=O)O)C(=O)O.N[C@@H](Cc1ccc(O)cc1)C(=O)O. The number of aliphatic hydroxyl groups is 1. The highest BCUT2D eigenvalue weighted by molar-refractivity contribution is 6.06. The van der Waals surface area contributed by atoms with E-state index in [0.29, 0.717) is 13.0 Å². The number of allylic oxidation sites excluding steroid dienone is 1. The van der Waals surface area contributed by atoms with Gasteiger partial charge in [0.15, 0.2) is 5.57 Å². The van der Waals surface area contributed by atoms with Gasteiger partial charge in [0, 0.05) is 19.0 Å². The van der Waals surface area contributed by atoms with E-state index in [-0.39, 0.29) is 30.7 Å². The first kappa shape index (κ1) is 61.8. The highest BCUT2D eigenvalue weighted by atomic mass is 19.4. The van der Waals surface area contributed by atoms with Crippen LogP contribution in [0.1, 0.15) is 64.0 Å². The van der Waals surface area contributed by atoms with Gasteiger partial charge in [0.25, 0.3) is 11.9 Å². The molecule has 0 radical (unpaired) electrons. The molecule has 0 unspecified atom stereocenters. The second-order valence-electron chi connectivity index (χ2n) is 12.2. The van der Waals surface area contributed by atoms with Gasteiger partial charge in [-0.15, -0.1) is 0 Å². The summed E-state index contributed by atoms with van der Waals surface area (Å²) in [6.07, 6.45) is -2.24. The number of carboxylic acid groups (broad SMARTS) is 6. The normalized spacial score (nSPS) is 12.2. The van der Waals surface area contributed by atoms with Gasteiger partial charge in [-0.25, -0.2) is 0 Å². The van der Waals surface area contributed by atoms with Crippen LogP contribution in [0.15, 0.2) is 59.9 Å². The molecular weight excluding hydrogens is 839 g/mol. The first-order valence-electron chi connectivity index (χ1n) is 17.6. The molecule has 0 saturated heterocycles. The standard InChI is InChI=1S/C12H9F3N2O2.C9H11NO3.C6H14N2O2.C5H9NO4.C3H7NO2.C2H4O2/c1-7(18)10(6-16)11(19)17-9-4-2-8(3-5-9)12(13,14)15;10-8(9(12)13)5-6-1-3-7(11)4-2-6;7-4-2-1-3-5(8)6(9)10;6-3(5(9)10)1-2-4(7)8;1-2(4)3(5)6;1-2(3)4/h2-5,18H,1H3,(H,17,19);1-4,8,11H,5,10H2,(H,12,13);5H,1-4,7-8H2,(H,9,10);3H,1-2,6H2,(H,7,8)(H,9,10);2H,4H2,1H3,(H,5,6);1H3,(H,3,4)/b10-7-;;;;;/t;8-;5-;3-;2-;/m.0000./s1. The number of carbonyl (C=O) groups excluding carboxylic acids is 1. The molecule has 25 heteroatoms. The quantitative estimate of drug-likeness (QED) is 0.0523. The number of hydrogen-bond donors (Lipinski definition) is 14. The monoisotopic (exact) mass is 893 g/mol. The number of aliphatic carboxylic acids is 6. The number of aromatic hydroxyl groups is 1. The summed E-state index contributed by atoms with van der Waals surface area (Å²) < 4.78 is 36.9. The van der Waals surface area contributed by atoms with Crippen LogP contribution in [0.4, 0.5) is 18.9 Å². The average Bonchev–Trinajstić information content (AvgIpc) is 3.15. The van der Waals surface area contributed by atoms with Crippen molar-refractivity contribution < 1.29 is 87.6 Å². The number of aliphatic hydroxyl groups excluding tert-OH is 1. The minimum atomic E-state index is -4.46.